The molecule has 0 spiro atoms. The van der Waals surface area contributed by atoms with Crippen LogP contribution < -0.4 is 30.6 Å². The number of carbonyl (C=O) groups is 1. The van der Waals surface area contributed by atoms with Crippen LogP contribution in [0.3, 0.4) is 0 Å². The number of aromatic nitrogens is 2. The van der Waals surface area contributed by atoms with Gasteiger partial charge in [0.2, 0.25) is 5.75 Å². The van der Waals surface area contributed by atoms with E-state index >= 15 is 0 Å². The van der Waals surface area contributed by atoms with Crippen molar-refractivity contribution in [3.05, 3.63) is 76.8 Å². The van der Waals surface area contributed by atoms with E-state index in [9.17, 15) is 4.79 Å². The summed E-state index contributed by atoms with van der Waals surface area (Å²) in [6.45, 7) is 0.462. The Labute approximate surface area is 213 Å². The Bertz CT molecular complexity index is 1350. The Morgan fingerprint density at radius 1 is 1.00 bits per heavy atom. The zero-order valence-electron chi connectivity index (χ0n) is 20.0. The van der Waals surface area contributed by atoms with E-state index in [2.05, 4.69) is 20.8 Å². The molecule has 0 radical (unpaired) electrons. The van der Waals surface area contributed by atoms with Crippen LogP contribution in [-0.4, -0.2) is 37.4 Å². The third-order valence-corrected chi connectivity index (χ3v) is 5.91. The molecular formula is C26H26ClN5O4. The first-order valence-electron chi connectivity index (χ1n) is 11.0. The summed E-state index contributed by atoms with van der Waals surface area (Å²) in [7, 11) is 4.64. The van der Waals surface area contributed by atoms with Gasteiger partial charge in [-0.15, -0.1) is 0 Å². The summed E-state index contributed by atoms with van der Waals surface area (Å²) in [6.07, 6.45) is 0. The molecule has 0 bridgehead atoms. The van der Waals surface area contributed by atoms with E-state index in [1.165, 1.54) is 0 Å². The fraction of sp³-hybridized carbons (Fsp3) is 0.154. The second-order valence-corrected chi connectivity index (χ2v) is 8.15. The molecule has 10 heteroatoms. The maximum absolute atomic E-state index is 12.5. The average molecular weight is 508 g/mol. The molecular weight excluding hydrogens is 482 g/mol. The van der Waals surface area contributed by atoms with Crippen molar-refractivity contribution >= 4 is 34.7 Å². The zero-order chi connectivity index (χ0) is 25.7. The Balaban J connectivity index is 1.45. The Morgan fingerprint density at radius 2 is 1.67 bits per heavy atom. The van der Waals surface area contributed by atoms with Gasteiger partial charge in [-0.05, 0) is 42.0 Å². The minimum Gasteiger partial charge on any atom is -0.493 e. The van der Waals surface area contributed by atoms with Gasteiger partial charge in [-0.2, -0.15) is 5.10 Å². The number of nitrogens with one attached hydrogen (secondary N) is 3. The number of halogens is 1. The first kappa shape index (κ1) is 24.7. The third-order valence-electron chi connectivity index (χ3n) is 5.54. The van der Waals surface area contributed by atoms with Crippen LogP contribution in [0.15, 0.2) is 60.7 Å². The third kappa shape index (κ3) is 5.16. The molecule has 0 saturated carbocycles. The highest BCUT2D eigenvalue weighted by atomic mass is 35.5. The highest BCUT2D eigenvalue weighted by molar-refractivity contribution is 6.35. The maximum Gasteiger partial charge on any atom is 0.255 e. The van der Waals surface area contributed by atoms with Crippen molar-refractivity contribution in [1.29, 1.82) is 0 Å². The van der Waals surface area contributed by atoms with Gasteiger partial charge in [-0.25, -0.2) is 0 Å². The van der Waals surface area contributed by atoms with Crippen LogP contribution in [0.2, 0.25) is 5.02 Å². The molecule has 186 valence electrons. The van der Waals surface area contributed by atoms with Crippen LogP contribution in [0.1, 0.15) is 15.9 Å². The molecule has 4 aromatic rings. The van der Waals surface area contributed by atoms with Crippen molar-refractivity contribution in [2.45, 2.75) is 6.54 Å². The number of hydrogen-bond acceptors (Lipinski definition) is 7. The summed E-state index contributed by atoms with van der Waals surface area (Å²) in [4.78, 5) is 12.5. The molecule has 0 atom stereocenters. The number of amides is 1. The van der Waals surface area contributed by atoms with E-state index in [-0.39, 0.29) is 5.91 Å². The molecule has 3 aromatic carbocycles. The van der Waals surface area contributed by atoms with Crippen LogP contribution in [0.5, 0.6) is 17.2 Å². The maximum atomic E-state index is 12.5. The number of rotatable bonds is 9. The van der Waals surface area contributed by atoms with Gasteiger partial charge in [0, 0.05) is 17.7 Å². The lowest BCUT2D eigenvalue weighted by molar-refractivity contribution is 0.102. The minimum atomic E-state index is -0.237. The molecule has 1 aromatic heterocycles. The zero-order valence-corrected chi connectivity index (χ0v) is 20.8. The highest BCUT2D eigenvalue weighted by Crippen LogP contribution is 2.43. The molecule has 9 nitrogen and oxygen atoms in total. The van der Waals surface area contributed by atoms with Crippen molar-refractivity contribution < 1.29 is 19.0 Å². The van der Waals surface area contributed by atoms with Crippen LogP contribution in [0, 0.1) is 0 Å². The van der Waals surface area contributed by atoms with E-state index in [1.807, 2.05) is 24.3 Å². The molecule has 0 aliphatic rings. The number of H-pyrrole nitrogens is 1. The molecule has 0 aliphatic carbocycles. The summed E-state index contributed by atoms with van der Waals surface area (Å²) in [6, 6.07) is 17.9. The number of aromatic amines is 1. The lowest BCUT2D eigenvalue weighted by atomic mass is 10.1. The number of nitrogens with two attached hydrogens (primary N) is 1. The summed E-state index contributed by atoms with van der Waals surface area (Å²) < 4.78 is 16.2. The predicted molar refractivity (Wildman–Crippen MR) is 141 cm³/mol. The number of methoxy groups -OCH3 is 3. The van der Waals surface area contributed by atoms with Crippen LogP contribution >= 0.6 is 11.6 Å². The molecule has 36 heavy (non-hydrogen) atoms. The van der Waals surface area contributed by atoms with Crippen molar-refractivity contribution in [2.24, 2.45) is 0 Å². The number of para-hydroxylation sites is 2. The summed E-state index contributed by atoms with van der Waals surface area (Å²) >= 11 is 6.61. The number of nitrogens with zero attached hydrogens (tertiary/aromatic N) is 1. The Kier molecular flexibility index (Phi) is 7.50. The second-order valence-electron chi connectivity index (χ2n) is 7.77. The van der Waals surface area contributed by atoms with Gasteiger partial charge in [-0.1, -0.05) is 35.9 Å². The monoisotopic (exact) mass is 507 g/mol. The van der Waals surface area contributed by atoms with E-state index in [4.69, 9.17) is 31.5 Å². The van der Waals surface area contributed by atoms with Crippen molar-refractivity contribution in [3.8, 4) is 28.5 Å². The standard InChI is InChI=1S/C26H26ClN5O4/c1-34-20-12-17(13-21(35-2)24(20)36-3)23-22(27)25(32-31-23)29-14-15-8-10-16(11-9-15)26(33)30-19-7-5-4-6-18(19)28/h4-13H,14,28H2,1-3H3,(H,30,33)(H2,29,31,32). The SMILES string of the molecule is COc1cc(-c2n[nH]c(NCc3ccc(C(=O)Nc4ccccc4N)cc3)c2Cl)cc(OC)c1OC. The summed E-state index contributed by atoms with van der Waals surface area (Å²) in [5.41, 5.74) is 9.69. The van der Waals surface area contributed by atoms with Gasteiger partial charge >= 0.3 is 0 Å². The quantitative estimate of drug-likeness (QED) is 0.229. The number of hydrogen-bond donors (Lipinski definition) is 4. The number of anilines is 3. The molecule has 0 saturated heterocycles. The predicted octanol–water partition coefficient (Wildman–Crippen LogP) is 5.20. The lowest BCUT2D eigenvalue weighted by Crippen LogP contribution is -2.13. The number of carbonyl (C=O) groups excluding carboxylic acids is 1. The van der Waals surface area contributed by atoms with Crippen LogP contribution in [0.25, 0.3) is 11.3 Å². The molecule has 1 amide bonds. The van der Waals surface area contributed by atoms with Gasteiger partial charge in [-0.3, -0.25) is 9.89 Å². The minimum absolute atomic E-state index is 0.237. The normalized spacial score (nSPS) is 10.6. The molecule has 0 aliphatic heterocycles. The number of ether oxygens (including phenoxy) is 3. The van der Waals surface area contributed by atoms with Gasteiger partial charge in [0.15, 0.2) is 11.5 Å². The fourth-order valence-corrected chi connectivity index (χ4v) is 3.88. The van der Waals surface area contributed by atoms with Gasteiger partial charge in [0.1, 0.15) is 16.5 Å². The van der Waals surface area contributed by atoms with E-state index in [0.717, 1.165) is 5.56 Å². The van der Waals surface area contributed by atoms with Crippen molar-refractivity contribution in [1.82, 2.24) is 10.2 Å². The first-order valence-corrected chi connectivity index (χ1v) is 11.4. The Hall–Kier alpha value is -4.37. The smallest absolute Gasteiger partial charge is 0.255 e. The van der Waals surface area contributed by atoms with Crippen molar-refractivity contribution in [3.63, 3.8) is 0 Å². The topological polar surface area (TPSA) is 124 Å². The Morgan fingerprint density at radius 3 is 2.28 bits per heavy atom. The van der Waals surface area contributed by atoms with Crippen molar-refractivity contribution in [2.75, 3.05) is 37.7 Å². The first-order chi connectivity index (χ1) is 17.4. The van der Waals surface area contributed by atoms with Gasteiger partial charge in [0.05, 0.1) is 32.7 Å². The van der Waals surface area contributed by atoms with Crippen LogP contribution in [0.4, 0.5) is 17.2 Å². The van der Waals surface area contributed by atoms with Gasteiger partial charge in [0.25, 0.3) is 5.91 Å². The van der Waals surface area contributed by atoms with E-state index in [1.54, 1.807) is 57.7 Å². The lowest BCUT2D eigenvalue weighted by Gasteiger charge is -2.13. The van der Waals surface area contributed by atoms with E-state index in [0.29, 0.717) is 62.8 Å². The van der Waals surface area contributed by atoms with Crippen LogP contribution in [-0.2, 0) is 6.54 Å². The second kappa shape index (κ2) is 10.9. The largest absolute Gasteiger partial charge is 0.493 e. The molecule has 1 heterocycles. The number of benzene rings is 3. The van der Waals surface area contributed by atoms with E-state index < -0.39 is 0 Å². The highest BCUT2D eigenvalue weighted by Gasteiger charge is 2.19. The average Bonchev–Trinajstić information content (AvgIpc) is 3.28. The summed E-state index contributed by atoms with van der Waals surface area (Å²) in [5, 5.41) is 13.8. The molecule has 4 rings (SSSR count). The molecule has 5 N–H and O–H groups in total. The number of nitrogen functional groups attached to an aromatic ring is 1. The molecule has 0 unspecified atom stereocenters. The molecule has 0 fully saturated rings. The fourth-order valence-electron chi connectivity index (χ4n) is 3.62. The summed E-state index contributed by atoms with van der Waals surface area (Å²) in [5.74, 6) is 1.80. The van der Waals surface area contributed by atoms with Gasteiger partial charge < -0.3 is 30.6 Å².